The van der Waals surface area contributed by atoms with Gasteiger partial charge in [-0.05, 0) is 70.6 Å². The lowest BCUT2D eigenvalue weighted by Gasteiger charge is -2.38. The van der Waals surface area contributed by atoms with Crippen LogP contribution in [0.15, 0.2) is 36.5 Å². The van der Waals surface area contributed by atoms with Crippen molar-refractivity contribution in [1.82, 2.24) is 0 Å². The second-order valence-corrected chi connectivity index (χ2v) is 16.6. The monoisotopic (exact) mass is 851 g/mol. The van der Waals surface area contributed by atoms with Crippen molar-refractivity contribution in [1.29, 1.82) is 0 Å². The van der Waals surface area contributed by atoms with Crippen LogP contribution in [-0.4, -0.2) is 88.4 Å². The molecule has 6 unspecified atom stereocenters. The van der Waals surface area contributed by atoms with Crippen molar-refractivity contribution in [2.24, 2.45) is 0 Å². The summed E-state index contributed by atoms with van der Waals surface area (Å²) < 4.78 is 21.8. The largest absolute Gasteiger partial charge is 0.479 e. The number of carboxylic acids is 1. The SMILES string of the molecule is CCCCCC/C=C\C/C=C\CCCCCCCCCC(=O)OCC(COC1OC(C(=O)O)C(O)C(O)C1O)OC(=O)CCCCCCC/C=C\CCCCCCCCC. The highest BCUT2D eigenvalue weighted by Gasteiger charge is 2.47. The van der Waals surface area contributed by atoms with Crippen LogP contribution in [0.2, 0.25) is 0 Å². The molecule has 1 fully saturated rings. The summed E-state index contributed by atoms with van der Waals surface area (Å²) in [6, 6.07) is 0. The number of rotatable bonds is 40. The third-order valence-corrected chi connectivity index (χ3v) is 11.0. The van der Waals surface area contributed by atoms with Gasteiger partial charge in [0.05, 0.1) is 6.61 Å². The Morgan fingerprint density at radius 2 is 0.933 bits per heavy atom. The van der Waals surface area contributed by atoms with E-state index >= 15 is 0 Å². The first-order valence-corrected chi connectivity index (χ1v) is 24.0. The molecule has 1 aliphatic heterocycles. The van der Waals surface area contributed by atoms with Crippen LogP contribution >= 0.6 is 0 Å². The quantitative estimate of drug-likeness (QED) is 0.0263. The minimum absolute atomic E-state index is 0.172. The number of hydrogen-bond donors (Lipinski definition) is 4. The number of allylic oxidation sites excluding steroid dienone is 6. The zero-order valence-corrected chi connectivity index (χ0v) is 37.7. The molecular weight excluding hydrogens is 765 g/mol. The second-order valence-electron chi connectivity index (χ2n) is 16.6. The van der Waals surface area contributed by atoms with E-state index in [2.05, 4.69) is 50.3 Å². The van der Waals surface area contributed by atoms with Gasteiger partial charge in [-0.1, -0.05) is 159 Å². The van der Waals surface area contributed by atoms with Gasteiger partial charge in [0.25, 0.3) is 0 Å². The maximum absolute atomic E-state index is 12.8. The van der Waals surface area contributed by atoms with Crippen molar-refractivity contribution in [3.63, 3.8) is 0 Å². The minimum atomic E-state index is -1.86. The predicted molar refractivity (Wildman–Crippen MR) is 238 cm³/mol. The summed E-state index contributed by atoms with van der Waals surface area (Å²) in [5, 5.41) is 39.9. The van der Waals surface area contributed by atoms with Gasteiger partial charge in [-0.2, -0.15) is 0 Å². The number of unbranched alkanes of at least 4 members (excludes halogenated alkanes) is 23. The fourth-order valence-electron chi connectivity index (χ4n) is 7.14. The van der Waals surface area contributed by atoms with E-state index in [1.165, 1.54) is 96.3 Å². The molecule has 0 spiro atoms. The third-order valence-electron chi connectivity index (χ3n) is 11.0. The maximum atomic E-state index is 12.8. The summed E-state index contributed by atoms with van der Waals surface area (Å²) in [6.07, 6.45) is 36.2. The number of hydrogen-bond acceptors (Lipinski definition) is 10. The van der Waals surface area contributed by atoms with Crippen LogP contribution in [0.3, 0.4) is 0 Å². The zero-order chi connectivity index (χ0) is 43.9. The van der Waals surface area contributed by atoms with Crippen LogP contribution in [0, 0.1) is 0 Å². The molecule has 4 N–H and O–H groups in total. The highest BCUT2D eigenvalue weighted by atomic mass is 16.7. The zero-order valence-electron chi connectivity index (χ0n) is 37.7. The summed E-state index contributed by atoms with van der Waals surface area (Å²) in [5.74, 6) is -2.46. The number of carboxylic acid groups (broad SMARTS) is 1. The molecule has 60 heavy (non-hydrogen) atoms. The smallest absolute Gasteiger partial charge is 0.335 e. The number of aliphatic hydroxyl groups excluding tert-OH is 3. The topological polar surface area (TPSA) is 169 Å². The second kappa shape index (κ2) is 39.3. The molecule has 0 bridgehead atoms. The number of aliphatic hydroxyl groups is 3. The number of carbonyl (C=O) groups is 3. The molecular formula is C49H86O11. The lowest BCUT2D eigenvalue weighted by Crippen LogP contribution is -2.60. The van der Waals surface area contributed by atoms with E-state index in [4.69, 9.17) is 18.9 Å². The van der Waals surface area contributed by atoms with Gasteiger partial charge >= 0.3 is 17.9 Å². The van der Waals surface area contributed by atoms with Crippen molar-refractivity contribution in [3.8, 4) is 0 Å². The number of carbonyl (C=O) groups excluding carboxylic acids is 2. The molecule has 0 aromatic heterocycles. The molecule has 0 saturated carbocycles. The van der Waals surface area contributed by atoms with Gasteiger partial charge in [-0.25, -0.2) is 4.79 Å². The summed E-state index contributed by atoms with van der Waals surface area (Å²) in [6.45, 7) is 3.79. The van der Waals surface area contributed by atoms with Crippen molar-refractivity contribution in [2.45, 2.75) is 243 Å². The fourth-order valence-corrected chi connectivity index (χ4v) is 7.14. The van der Waals surface area contributed by atoms with Gasteiger partial charge in [-0.15, -0.1) is 0 Å². The molecule has 1 rings (SSSR count). The van der Waals surface area contributed by atoms with E-state index in [-0.39, 0.29) is 19.4 Å². The van der Waals surface area contributed by atoms with E-state index < -0.39 is 61.3 Å². The van der Waals surface area contributed by atoms with Gasteiger partial charge in [0.15, 0.2) is 18.5 Å². The Labute approximate surface area is 363 Å². The van der Waals surface area contributed by atoms with Crippen LogP contribution in [0.25, 0.3) is 0 Å². The molecule has 0 amide bonds. The highest BCUT2D eigenvalue weighted by Crippen LogP contribution is 2.23. The fraction of sp³-hybridized carbons (Fsp3) is 0.816. The Morgan fingerprint density at radius 3 is 1.42 bits per heavy atom. The molecule has 0 radical (unpaired) electrons. The first-order chi connectivity index (χ1) is 29.2. The molecule has 0 aliphatic carbocycles. The molecule has 11 nitrogen and oxygen atoms in total. The normalized spacial score (nSPS) is 20.1. The summed E-state index contributed by atoms with van der Waals surface area (Å²) in [4.78, 5) is 36.9. The standard InChI is InChI=1S/C49H86O11/c1-3-5-7-9-11-13-15-17-19-21-22-24-25-27-29-31-33-35-37-42(50)57-39-41(40-58-49-46(54)44(52)45(53)47(60-49)48(55)56)59-43(51)38-36-34-32-30-28-26-23-20-18-16-14-12-10-8-6-4-2/h13,15,19-21,23,41,44-47,49,52-54H,3-12,14,16-18,22,24-40H2,1-2H3,(H,55,56)/b15-13-,21-19-,23-20-. The Hall–Kier alpha value is -2.57. The molecule has 1 saturated heterocycles. The van der Waals surface area contributed by atoms with E-state index in [0.29, 0.717) is 12.8 Å². The van der Waals surface area contributed by atoms with E-state index in [0.717, 1.165) is 70.6 Å². The highest BCUT2D eigenvalue weighted by molar-refractivity contribution is 5.73. The van der Waals surface area contributed by atoms with E-state index in [1.54, 1.807) is 0 Å². The van der Waals surface area contributed by atoms with Crippen molar-refractivity contribution in [3.05, 3.63) is 36.5 Å². The lowest BCUT2D eigenvalue weighted by molar-refractivity contribution is -0.298. The van der Waals surface area contributed by atoms with Crippen LogP contribution in [-0.2, 0) is 33.3 Å². The predicted octanol–water partition coefficient (Wildman–Crippen LogP) is 10.8. The van der Waals surface area contributed by atoms with Crippen LogP contribution in [0.4, 0.5) is 0 Å². The molecule has 1 aliphatic rings. The number of ether oxygens (including phenoxy) is 4. The van der Waals surface area contributed by atoms with Gasteiger partial charge in [0, 0.05) is 12.8 Å². The van der Waals surface area contributed by atoms with Crippen LogP contribution in [0.1, 0.15) is 206 Å². The summed E-state index contributed by atoms with van der Waals surface area (Å²) in [5.41, 5.74) is 0. The van der Waals surface area contributed by atoms with E-state index in [9.17, 15) is 34.8 Å². The first kappa shape index (κ1) is 55.4. The van der Waals surface area contributed by atoms with Crippen molar-refractivity contribution < 1.29 is 53.8 Å². The lowest BCUT2D eigenvalue weighted by atomic mass is 9.99. The molecule has 348 valence electrons. The van der Waals surface area contributed by atoms with Gasteiger partial charge in [0.2, 0.25) is 0 Å². The Kier molecular flexibility index (Phi) is 36.3. The van der Waals surface area contributed by atoms with E-state index in [1.807, 2.05) is 0 Å². The van der Waals surface area contributed by atoms with Crippen molar-refractivity contribution >= 4 is 17.9 Å². The molecule has 6 atom stereocenters. The molecule has 11 heteroatoms. The first-order valence-electron chi connectivity index (χ1n) is 24.0. The molecule has 1 heterocycles. The molecule has 0 aromatic rings. The van der Waals surface area contributed by atoms with Crippen molar-refractivity contribution in [2.75, 3.05) is 13.2 Å². The van der Waals surface area contributed by atoms with Crippen LogP contribution < -0.4 is 0 Å². The summed E-state index contributed by atoms with van der Waals surface area (Å²) >= 11 is 0. The Morgan fingerprint density at radius 1 is 0.517 bits per heavy atom. The van der Waals surface area contributed by atoms with Gasteiger partial charge < -0.3 is 39.4 Å². The van der Waals surface area contributed by atoms with Crippen LogP contribution in [0.5, 0.6) is 0 Å². The Bertz CT molecular complexity index is 1140. The average molecular weight is 851 g/mol. The third kappa shape index (κ3) is 30.5. The summed E-state index contributed by atoms with van der Waals surface area (Å²) in [7, 11) is 0. The molecule has 0 aromatic carbocycles. The minimum Gasteiger partial charge on any atom is -0.479 e. The number of esters is 2. The van der Waals surface area contributed by atoms with Gasteiger partial charge in [-0.3, -0.25) is 9.59 Å². The Balaban J connectivity index is 2.35. The number of aliphatic carboxylic acids is 1. The van der Waals surface area contributed by atoms with Gasteiger partial charge in [0.1, 0.15) is 24.9 Å². The average Bonchev–Trinajstić information content (AvgIpc) is 3.23. The maximum Gasteiger partial charge on any atom is 0.335 e.